The summed E-state index contributed by atoms with van der Waals surface area (Å²) in [4.78, 5) is 8.30. The number of rotatable bonds is 2. The molecule has 0 aliphatic carbocycles. The first-order chi connectivity index (χ1) is 25.4. The molecule has 0 N–H and O–H groups in total. The molecule has 41 heavy (non-hydrogen) atoms. The van der Waals surface area contributed by atoms with Crippen LogP contribution in [-0.4, -0.2) is 9.97 Å². The Morgan fingerprint density at radius 2 is 1.49 bits per heavy atom. The fourth-order valence-corrected chi connectivity index (χ4v) is 4.47. The molecule has 7 aromatic rings. The minimum Gasteiger partial charge on any atom is -0.500 e. The standard InChI is InChI=1S/C24H18NO.C13H12N.Ir/c1-14-8-10-19(21-12-15(2)16(3)13-25-21)24-22(14)20-11-9-17-6-4-5-7-18(17)23(20)26-24;1-10-3-6-12(7-4-10)13-8-5-11(2)9-14-13;/h4-9,11-13H,1-3H3;3-6,8-9H,1-2H3;/q2*-1;/i1D3,2D3,3D3;1D3,2D3;. The van der Waals surface area contributed by atoms with Gasteiger partial charge in [-0.1, -0.05) is 84.8 Å². The van der Waals surface area contributed by atoms with Gasteiger partial charge in [0.15, 0.2) is 0 Å². The number of aromatic nitrogens is 2. The molecule has 3 heterocycles. The number of furan rings is 1. The summed E-state index contributed by atoms with van der Waals surface area (Å²) in [6.07, 6.45) is 2.33. The minimum atomic E-state index is -2.71. The van der Waals surface area contributed by atoms with Gasteiger partial charge in [-0.15, -0.1) is 53.1 Å². The van der Waals surface area contributed by atoms with Gasteiger partial charge in [0.25, 0.3) is 0 Å². The van der Waals surface area contributed by atoms with Crippen LogP contribution in [0.15, 0.2) is 95.7 Å². The molecular weight excluding hydrogens is 681 g/mol. The van der Waals surface area contributed by atoms with Gasteiger partial charge >= 0.3 is 0 Å². The van der Waals surface area contributed by atoms with E-state index >= 15 is 0 Å². The zero-order chi connectivity index (χ0) is 40.3. The van der Waals surface area contributed by atoms with Crippen molar-refractivity contribution in [1.82, 2.24) is 9.97 Å². The van der Waals surface area contributed by atoms with Crippen molar-refractivity contribution < 1.29 is 45.1 Å². The Labute approximate surface area is 275 Å². The Morgan fingerprint density at radius 3 is 2.24 bits per heavy atom. The molecule has 0 amide bonds. The summed E-state index contributed by atoms with van der Waals surface area (Å²) >= 11 is 0. The minimum absolute atomic E-state index is 0. The van der Waals surface area contributed by atoms with E-state index in [1.165, 1.54) is 36.5 Å². The van der Waals surface area contributed by atoms with Crippen molar-refractivity contribution in [2.24, 2.45) is 0 Å². The summed E-state index contributed by atoms with van der Waals surface area (Å²) in [5.41, 5.74) is 1.91. The third kappa shape index (κ3) is 5.59. The molecule has 0 atom stereocenters. The van der Waals surface area contributed by atoms with Crippen molar-refractivity contribution in [3.63, 3.8) is 0 Å². The van der Waals surface area contributed by atoms with Crippen LogP contribution >= 0.6 is 0 Å². The number of nitrogens with zero attached hydrogens (tertiary/aromatic N) is 2. The van der Waals surface area contributed by atoms with E-state index in [0.717, 1.165) is 17.0 Å². The van der Waals surface area contributed by atoms with E-state index in [1.54, 1.807) is 18.2 Å². The molecule has 0 bridgehead atoms. The predicted octanol–water partition coefficient (Wildman–Crippen LogP) is 9.69. The fourth-order valence-electron chi connectivity index (χ4n) is 4.47. The van der Waals surface area contributed by atoms with Gasteiger partial charge in [-0.3, -0.25) is 0 Å². The largest absolute Gasteiger partial charge is 0.500 e. The predicted molar refractivity (Wildman–Crippen MR) is 165 cm³/mol. The van der Waals surface area contributed by atoms with E-state index in [-0.39, 0.29) is 64.8 Å². The Balaban J connectivity index is 0.000000244. The van der Waals surface area contributed by atoms with Crippen molar-refractivity contribution in [1.29, 1.82) is 0 Å². The zero-order valence-corrected chi connectivity index (χ0v) is 23.7. The first-order valence-electron chi connectivity index (χ1n) is 19.7. The molecule has 0 saturated carbocycles. The van der Waals surface area contributed by atoms with E-state index < -0.39 is 34.3 Å². The first-order valence-corrected chi connectivity index (χ1v) is 12.2. The van der Waals surface area contributed by atoms with E-state index in [2.05, 4.69) is 22.1 Å². The van der Waals surface area contributed by atoms with Gasteiger partial charge in [-0.05, 0) is 48.5 Å². The molecule has 4 heteroatoms. The molecule has 0 saturated heterocycles. The van der Waals surface area contributed by atoms with Crippen molar-refractivity contribution in [2.75, 3.05) is 0 Å². The zero-order valence-electron chi connectivity index (χ0n) is 36.3. The number of hydrogen-bond donors (Lipinski definition) is 0. The molecule has 0 aliphatic heterocycles. The molecule has 0 aliphatic rings. The van der Waals surface area contributed by atoms with Gasteiger partial charge in [0.1, 0.15) is 5.58 Å². The molecule has 4 aromatic carbocycles. The van der Waals surface area contributed by atoms with Crippen LogP contribution in [0.25, 0.3) is 55.2 Å². The fraction of sp³-hybridized carbons (Fsp3) is 0.135. The van der Waals surface area contributed by atoms with Crippen LogP contribution in [-0.2, 0) is 20.1 Å². The SMILES string of the molecule is [2H]C([2H])([2H])c1c[c-]c(-c2ccc(C([2H])([2H])[2H])cn2)cc1.[2H]C([2H])([2H])c1cnc(-c2[c-]cc(C([2H])([2H])[2H])c3c2oc2c4ccccc4ccc23)cc1C([2H])([2H])[2H].[Ir]. The second-order valence-electron chi connectivity index (χ2n) is 9.09. The summed E-state index contributed by atoms with van der Waals surface area (Å²) in [6, 6.07) is 27.1. The summed E-state index contributed by atoms with van der Waals surface area (Å²) in [5, 5.41) is 2.65. The molecule has 0 unspecified atom stereocenters. The number of hydrogen-bond acceptors (Lipinski definition) is 3. The van der Waals surface area contributed by atoms with Crippen molar-refractivity contribution >= 4 is 32.7 Å². The summed E-state index contributed by atoms with van der Waals surface area (Å²) in [5.74, 6) is 0. The normalized spacial score (nSPS) is 17.8. The smallest absolute Gasteiger partial charge is 0.128 e. The summed E-state index contributed by atoms with van der Waals surface area (Å²) < 4.78 is 121. The molecule has 0 fully saturated rings. The Morgan fingerprint density at radius 1 is 0.659 bits per heavy atom. The van der Waals surface area contributed by atoms with E-state index in [1.807, 2.05) is 30.3 Å². The van der Waals surface area contributed by atoms with Gasteiger partial charge in [0.05, 0.1) is 5.58 Å². The van der Waals surface area contributed by atoms with Crippen molar-refractivity contribution in [2.45, 2.75) is 34.3 Å². The molecule has 205 valence electrons. The summed E-state index contributed by atoms with van der Waals surface area (Å²) in [7, 11) is 0. The third-order valence-electron chi connectivity index (χ3n) is 6.45. The number of benzene rings is 4. The maximum atomic E-state index is 8.04. The summed E-state index contributed by atoms with van der Waals surface area (Å²) in [6.45, 7) is -12.2. The monoisotopic (exact) mass is 726 g/mol. The first kappa shape index (κ1) is 15.2. The Hall–Kier alpha value is -4.11. The maximum Gasteiger partial charge on any atom is 0.128 e. The second-order valence-corrected chi connectivity index (χ2v) is 9.09. The van der Waals surface area contributed by atoms with Crippen LogP contribution in [0.5, 0.6) is 0 Å². The molecule has 3 aromatic heterocycles. The van der Waals surface area contributed by atoms with Gasteiger partial charge in [-0.25, -0.2) is 0 Å². The third-order valence-corrected chi connectivity index (χ3v) is 6.45. The van der Waals surface area contributed by atoms with Gasteiger partial charge in [0.2, 0.25) is 0 Å². The van der Waals surface area contributed by atoms with E-state index in [0.29, 0.717) is 27.6 Å². The number of aryl methyl sites for hydroxylation is 5. The molecule has 0 spiro atoms. The van der Waals surface area contributed by atoms with Crippen LogP contribution in [0.4, 0.5) is 0 Å². The van der Waals surface area contributed by atoms with E-state index in [9.17, 15) is 0 Å². The quantitative estimate of drug-likeness (QED) is 0.167. The number of pyridine rings is 2. The van der Waals surface area contributed by atoms with Crippen LogP contribution in [0.3, 0.4) is 0 Å². The Bertz CT molecular complexity index is 2460. The average Bonchev–Trinajstić information content (AvgIpc) is 3.50. The molecule has 1 radical (unpaired) electrons. The van der Waals surface area contributed by atoms with E-state index in [4.69, 9.17) is 25.0 Å². The van der Waals surface area contributed by atoms with Crippen molar-refractivity contribution in [3.05, 3.63) is 131 Å². The molecular formula is C37H30IrN2O-2. The van der Waals surface area contributed by atoms with Crippen molar-refractivity contribution in [3.8, 4) is 22.5 Å². The van der Waals surface area contributed by atoms with Gasteiger partial charge < -0.3 is 14.4 Å². The second kappa shape index (κ2) is 11.8. The van der Waals surface area contributed by atoms with Crippen LogP contribution in [0.1, 0.15) is 48.4 Å². The topological polar surface area (TPSA) is 38.9 Å². The molecule has 3 nitrogen and oxygen atoms in total. The van der Waals surface area contributed by atoms with Crippen LogP contribution in [0.2, 0.25) is 0 Å². The van der Waals surface area contributed by atoms with Gasteiger partial charge in [-0.2, -0.15) is 0 Å². The van der Waals surface area contributed by atoms with Gasteiger partial charge in [0, 0.05) is 63.8 Å². The maximum absolute atomic E-state index is 8.04. The van der Waals surface area contributed by atoms with Crippen LogP contribution in [0, 0.1) is 46.4 Å². The molecule has 7 rings (SSSR count). The Kier molecular flexibility index (Phi) is 4.37. The van der Waals surface area contributed by atoms with Crippen LogP contribution < -0.4 is 0 Å². The average molecular weight is 726 g/mol. The number of fused-ring (bicyclic) bond motifs is 5.